The predicted octanol–water partition coefficient (Wildman–Crippen LogP) is 3.71. The van der Waals surface area contributed by atoms with Crippen molar-refractivity contribution >= 4 is 27.5 Å². The molecular weight excluding hydrogens is 208 g/mol. The van der Waals surface area contributed by atoms with Crippen molar-refractivity contribution in [2.75, 3.05) is 5.73 Å². The van der Waals surface area contributed by atoms with Crippen LogP contribution < -0.4 is 5.73 Å². The maximum atomic E-state index is 6.02. The zero-order chi connectivity index (χ0) is 12.0. The quantitative estimate of drug-likeness (QED) is 0.628. The lowest BCUT2D eigenvalue weighted by Crippen LogP contribution is -1.94. The Labute approximate surface area is 101 Å². The van der Waals surface area contributed by atoms with E-state index in [2.05, 4.69) is 48.7 Å². The fraction of sp³-hybridized carbons (Fsp3) is 0.200. The van der Waals surface area contributed by atoms with Crippen molar-refractivity contribution in [2.45, 2.75) is 20.4 Å². The Morgan fingerprint density at radius 1 is 1.06 bits per heavy atom. The molecule has 86 valence electrons. The van der Waals surface area contributed by atoms with E-state index in [-0.39, 0.29) is 0 Å². The van der Waals surface area contributed by atoms with Crippen LogP contribution in [0.1, 0.15) is 12.5 Å². The van der Waals surface area contributed by atoms with Gasteiger partial charge in [-0.1, -0.05) is 18.2 Å². The minimum atomic E-state index is 0.872. The van der Waals surface area contributed by atoms with Crippen LogP contribution in [0.25, 0.3) is 21.8 Å². The van der Waals surface area contributed by atoms with Crippen LogP contribution in [0.3, 0.4) is 0 Å². The Morgan fingerprint density at radius 2 is 1.82 bits per heavy atom. The molecule has 2 nitrogen and oxygen atoms in total. The lowest BCUT2D eigenvalue weighted by molar-refractivity contribution is 0.827. The summed E-state index contributed by atoms with van der Waals surface area (Å²) in [7, 11) is 0. The molecule has 0 fully saturated rings. The number of nitrogens with two attached hydrogens (primary N) is 1. The zero-order valence-electron chi connectivity index (χ0n) is 10.2. The van der Waals surface area contributed by atoms with E-state index in [9.17, 15) is 0 Å². The minimum absolute atomic E-state index is 0.872. The summed E-state index contributed by atoms with van der Waals surface area (Å²) in [5, 5.41) is 2.59. The van der Waals surface area contributed by atoms with E-state index in [0.717, 1.165) is 12.2 Å². The number of hydrogen-bond donors (Lipinski definition) is 1. The first-order valence-electron chi connectivity index (χ1n) is 6.00. The first-order chi connectivity index (χ1) is 8.24. The molecule has 0 radical (unpaired) electrons. The number of fused-ring (bicyclic) bond motifs is 3. The van der Waals surface area contributed by atoms with Gasteiger partial charge in [0.15, 0.2) is 0 Å². The van der Waals surface area contributed by atoms with Gasteiger partial charge in [-0.3, -0.25) is 0 Å². The third-order valence-corrected chi connectivity index (χ3v) is 3.56. The van der Waals surface area contributed by atoms with E-state index in [1.165, 1.54) is 27.4 Å². The summed E-state index contributed by atoms with van der Waals surface area (Å²) in [6, 6.07) is 12.7. The van der Waals surface area contributed by atoms with Crippen molar-refractivity contribution in [3.63, 3.8) is 0 Å². The van der Waals surface area contributed by atoms with Crippen LogP contribution in [0.2, 0.25) is 0 Å². The molecule has 17 heavy (non-hydrogen) atoms. The molecule has 3 rings (SSSR count). The van der Waals surface area contributed by atoms with E-state index >= 15 is 0 Å². The van der Waals surface area contributed by atoms with Gasteiger partial charge in [0.2, 0.25) is 0 Å². The van der Waals surface area contributed by atoms with E-state index in [4.69, 9.17) is 5.73 Å². The molecule has 0 aliphatic carbocycles. The highest BCUT2D eigenvalue weighted by molar-refractivity contribution is 6.11. The van der Waals surface area contributed by atoms with Gasteiger partial charge in [0.1, 0.15) is 0 Å². The monoisotopic (exact) mass is 224 g/mol. The summed E-state index contributed by atoms with van der Waals surface area (Å²) in [4.78, 5) is 0. The molecule has 0 aliphatic heterocycles. The fourth-order valence-corrected chi connectivity index (χ4v) is 2.67. The second kappa shape index (κ2) is 3.52. The van der Waals surface area contributed by atoms with Crippen LogP contribution in [0, 0.1) is 6.92 Å². The van der Waals surface area contributed by atoms with Gasteiger partial charge in [-0.2, -0.15) is 0 Å². The normalized spacial score (nSPS) is 11.4. The Morgan fingerprint density at radius 3 is 2.59 bits per heavy atom. The number of rotatable bonds is 1. The fourth-order valence-electron chi connectivity index (χ4n) is 2.67. The average Bonchev–Trinajstić information content (AvgIpc) is 2.68. The SMILES string of the molecule is CCn1c2ccccc2c2c(C)c(N)ccc21. The van der Waals surface area contributed by atoms with Gasteiger partial charge in [0.25, 0.3) is 0 Å². The Balaban J connectivity index is 2.64. The van der Waals surface area contributed by atoms with Crippen molar-refractivity contribution in [1.82, 2.24) is 4.57 Å². The second-order valence-corrected chi connectivity index (χ2v) is 4.44. The van der Waals surface area contributed by atoms with E-state index in [0.29, 0.717) is 0 Å². The molecule has 0 bridgehead atoms. The Hall–Kier alpha value is -1.96. The van der Waals surface area contributed by atoms with Crippen LogP contribution in [0.4, 0.5) is 5.69 Å². The molecular formula is C15H16N2. The molecule has 0 saturated heterocycles. The minimum Gasteiger partial charge on any atom is -0.398 e. The van der Waals surface area contributed by atoms with Crippen LogP contribution in [0.5, 0.6) is 0 Å². The Kier molecular flexibility index (Phi) is 2.11. The van der Waals surface area contributed by atoms with Gasteiger partial charge in [-0.15, -0.1) is 0 Å². The summed E-state index contributed by atoms with van der Waals surface area (Å²) in [5.74, 6) is 0. The standard InChI is InChI=1S/C15H16N2/c1-3-17-13-7-5-4-6-11(13)15-10(2)12(16)8-9-14(15)17/h4-9H,3,16H2,1-2H3. The molecule has 1 heterocycles. The number of nitrogens with zero attached hydrogens (tertiary/aromatic N) is 1. The van der Waals surface area contributed by atoms with Gasteiger partial charge in [0, 0.05) is 34.0 Å². The number of hydrogen-bond acceptors (Lipinski definition) is 1. The van der Waals surface area contributed by atoms with E-state index < -0.39 is 0 Å². The molecule has 0 spiro atoms. The van der Waals surface area contributed by atoms with Gasteiger partial charge in [-0.05, 0) is 37.6 Å². The van der Waals surface area contributed by atoms with Crippen molar-refractivity contribution in [1.29, 1.82) is 0 Å². The van der Waals surface area contributed by atoms with Crippen LogP contribution in [0.15, 0.2) is 36.4 Å². The van der Waals surface area contributed by atoms with Gasteiger partial charge in [0.05, 0.1) is 0 Å². The molecule has 2 heteroatoms. The lowest BCUT2D eigenvalue weighted by atomic mass is 10.1. The van der Waals surface area contributed by atoms with Gasteiger partial charge in [-0.25, -0.2) is 0 Å². The number of benzene rings is 2. The largest absolute Gasteiger partial charge is 0.398 e. The molecule has 0 saturated carbocycles. The molecule has 1 aromatic heterocycles. The second-order valence-electron chi connectivity index (χ2n) is 4.44. The molecule has 0 unspecified atom stereocenters. The summed E-state index contributed by atoms with van der Waals surface area (Å²) in [5.41, 5.74) is 10.6. The lowest BCUT2D eigenvalue weighted by Gasteiger charge is -2.04. The van der Waals surface area contributed by atoms with Crippen molar-refractivity contribution < 1.29 is 0 Å². The summed E-state index contributed by atoms with van der Waals surface area (Å²) in [6.07, 6.45) is 0. The Bertz CT molecular complexity index is 708. The highest BCUT2D eigenvalue weighted by Gasteiger charge is 2.11. The molecule has 2 aromatic carbocycles. The van der Waals surface area contributed by atoms with Gasteiger partial charge >= 0.3 is 0 Å². The number of para-hydroxylation sites is 1. The van der Waals surface area contributed by atoms with E-state index in [1.807, 2.05) is 6.07 Å². The third-order valence-electron chi connectivity index (χ3n) is 3.56. The van der Waals surface area contributed by atoms with Crippen molar-refractivity contribution in [3.05, 3.63) is 42.0 Å². The summed E-state index contributed by atoms with van der Waals surface area (Å²) < 4.78 is 2.34. The first-order valence-corrected chi connectivity index (χ1v) is 6.00. The molecule has 3 aromatic rings. The number of anilines is 1. The van der Waals surface area contributed by atoms with Crippen LogP contribution in [-0.2, 0) is 6.54 Å². The van der Waals surface area contributed by atoms with Crippen molar-refractivity contribution in [3.8, 4) is 0 Å². The molecule has 0 atom stereocenters. The number of nitrogen functional groups attached to an aromatic ring is 1. The number of aryl methyl sites for hydroxylation is 2. The maximum absolute atomic E-state index is 6.02. The first kappa shape index (κ1) is 10.2. The van der Waals surface area contributed by atoms with Crippen LogP contribution in [-0.4, -0.2) is 4.57 Å². The molecule has 2 N–H and O–H groups in total. The summed E-state index contributed by atoms with van der Waals surface area (Å²) in [6.45, 7) is 5.26. The molecule has 0 amide bonds. The average molecular weight is 224 g/mol. The topological polar surface area (TPSA) is 30.9 Å². The highest BCUT2D eigenvalue weighted by Crippen LogP contribution is 2.33. The highest BCUT2D eigenvalue weighted by atomic mass is 15.0. The van der Waals surface area contributed by atoms with Gasteiger partial charge < -0.3 is 10.3 Å². The predicted molar refractivity (Wildman–Crippen MR) is 74.3 cm³/mol. The maximum Gasteiger partial charge on any atom is 0.0495 e. The summed E-state index contributed by atoms with van der Waals surface area (Å²) >= 11 is 0. The van der Waals surface area contributed by atoms with Crippen molar-refractivity contribution in [2.24, 2.45) is 0 Å². The van der Waals surface area contributed by atoms with Crippen LogP contribution >= 0.6 is 0 Å². The number of aromatic nitrogens is 1. The molecule has 0 aliphatic rings. The van der Waals surface area contributed by atoms with E-state index in [1.54, 1.807) is 0 Å². The smallest absolute Gasteiger partial charge is 0.0495 e. The zero-order valence-corrected chi connectivity index (χ0v) is 10.2. The third kappa shape index (κ3) is 1.27.